The summed E-state index contributed by atoms with van der Waals surface area (Å²) >= 11 is 1.45. The van der Waals surface area contributed by atoms with Gasteiger partial charge in [-0.05, 0) is 25.0 Å². The minimum atomic E-state index is -0.309. The van der Waals surface area contributed by atoms with E-state index in [-0.39, 0.29) is 30.3 Å². The van der Waals surface area contributed by atoms with Crippen LogP contribution in [0.5, 0.6) is 0 Å². The first-order valence-corrected chi connectivity index (χ1v) is 6.69. The van der Waals surface area contributed by atoms with Crippen molar-refractivity contribution in [1.82, 2.24) is 5.32 Å². The maximum atomic E-state index is 12.0. The standard InChI is InChI=1S/C13H19NO3S/c1-8(2)10(7-12(15)17-4)14-13(16)11-6-5-9(3)18-11/h5-6,8,10H,7H2,1-4H3,(H,14,16). The van der Waals surface area contributed by atoms with E-state index in [0.29, 0.717) is 4.88 Å². The van der Waals surface area contributed by atoms with Crippen molar-refractivity contribution in [2.45, 2.75) is 33.2 Å². The van der Waals surface area contributed by atoms with Gasteiger partial charge < -0.3 is 10.1 Å². The van der Waals surface area contributed by atoms with Crippen molar-refractivity contribution < 1.29 is 14.3 Å². The number of rotatable bonds is 5. The Morgan fingerprint density at radius 2 is 2.06 bits per heavy atom. The molecule has 1 heterocycles. The molecule has 1 aromatic rings. The zero-order chi connectivity index (χ0) is 13.7. The van der Waals surface area contributed by atoms with Crippen LogP contribution in [0, 0.1) is 12.8 Å². The van der Waals surface area contributed by atoms with Crippen LogP contribution in [0.3, 0.4) is 0 Å². The van der Waals surface area contributed by atoms with Gasteiger partial charge in [-0.1, -0.05) is 13.8 Å². The molecule has 1 atom stereocenters. The summed E-state index contributed by atoms with van der Waals surface area (Å²) in [5.41, 5.74) is 0. The normalized spacial score (nSPS) is 12.3. The minimum Gasteiger partial charge on any atom is -0.469 e. The van der Waals surface area contributed by atoms with Crippen LogP contribution in [0.4, 0.5) is 0 Å². The molecule has 1 unspecified atom stereocenters. The Morgan fingerprint density at radius 3 is 2.50 bits per heavy atom. The maximum Gasteiger partial charge on any atom is 0.307 e. The third-order valence-electron chi connectivity index (χ3n) is 2.70. The second-order valence-electron chi connectivity index (χ2n) is 4.51. The third-order valence-corrected chi connectivity index (χ3v) is 3.70. The van der Waals surface area contributed by atoms with Gasteiger partial charge in [-0.25, -0.2) is 0 Å². The Bertz CT molecular complexity index is 426. The number of aryl methyl sites for hydroxylation is 1. The molecular formula is C13H19NO3S. The van der Waals surface area contributed by atoms with Crippen molar-refractivity contribution in [1.29, 1.82) is 0 Å². The lowest BCUT2D eigenvalue weighted by molar-refractivity contribution is -0.141. The molecule has 0 spiro atoms. The molecule has 1 aromatic heterocycles. The largest absolute Gasteiger partial charge is 0.469 e. The lowest BCUT2D eigenvalue weighted by atomic mass is 10.0. The molecule has 0 bridgehead atoms. The summed E-state index contributed by atoms with van der Waals surface area (Å²) in [6.45, 7) is 5.89. The Labute approximate surface area is 111 Å². The quantitative estimate of drug-likeness (QED) is 0.835. The zero-order valence-electron chi connectivity index (χ0n) is 11.1. The van der Waals surface area contributed by atoms with E-state index < -0.39 is 0 Å². The number of hydrogen-bond acceptors (Lipinski definition) is 4. The lowest BCUT2D eigenvalue weighted by Crippen LogP contribution is -2.40. The van der Waals surface area contributed by atoms with Crippen LogP contribution in [-0.2, 0) is 9.53 Å². The monoisotopic (exact) mass is 269 g/mol. The number of ether oxygens (including phenoxy) is 1. The topological polar surface area (TPSA) is 55.4 Å². The van der Waals surface area contributed by atoms with Crippen LogP contribution in [0.2, 0.25) is 0 Å². The molecule has 1 amide bonds. The van der Waals surface area contributed by atoms with Gasteiger partial charge in [0.2, 0.25) is 0 Å². The van der Waals surface area contributed by atoms with Crippen LogP contribution in [0.25, 0.3) is 0 Å². The zero-order valence-corrected chi connectivity index (χ0v) is 12.0. The molecule has 1 rings (SSSR count). The van der Waals surface area contributed by atoms with Crippen molar-refractivity contribution in [2.24, 2.45) is 5.92 Å². The first-order valence-electron chi connectivity index (χ1n) is 5.88. The number of esters is 1. The van der Waals surface area contributed by atoms with Crippen molar-refractivity contribution in [3.05, 3.63) is 21.9 Å². The van der Waals surface area contributed by atoms with E-state index >= 15 is 0 Å². The molecule has 4 nitrogen and oxygen atoms in total. The second kappa shape index (κ2) is 6.54. The number of methoxy groups -OCH3 is 1. The van der Waals surface area contributed by atoms with E-state index in [1.165, 1.54) is 18.4 Å². The summed E-state index contributed by atoms with van der Waals surface area (Å²) in [6, 6.07) is 3.50. The highest BCUT2D eigenvalue weighted by Gasteiger charge is 2.21. The predicted octanol–water partition coefficient (Wildman–Crippen LogP) is 2.37. The summed E-state index contributed by atoms with van der Waals surface area (Å²) in [5.74, 6) is -0.263. The molecule has 0 radical (unpaired) electrons. The van der Waals surface area contributed by atoms with Gasteiger partial charge in [0, 0.05) is 10.9 Å². The molecule has 0 saturated carbocycles. The van der Waals surface area contributed by atoms with Gasteiger partial charge in [-0.15, -0.1) is 11.3 Å². The Kier molecular flexibility index (Phi) is 5.34. The Balaban J connectivity index is 2.66. The van der Waals surface area contributed by atoms with E-state index in [1.807, 2.05) is 26.8 Å². The van der Waals surface area contributed by atoms with Gasteiger partial charge >= 0.3 is 5.97 Å². The van der Waals surface area contributed by atoms with Crippen LogP contribution in [0.1, 0.15) is 34.8 Å². The first-order chi connectivity index (χ1) is 8.43. The molecule has 1 N–H and O–H groups in total. The molecule has 0 fully saturated rings. The van der Waals surface area contributed by atoms with Crippen molar-refractivity contribution in [3.63, 3.8) is 0 Å². The molecule has 0 aliphatic rings. The smallest absolute Gasteiger partial charge is 0.307 e. The molecule has 0 aliphatic heterocycles. The number of carbonyl (C=O) groups is 2. The average Bonchev–Trinajstić information content (AvgIpc) is 2.74. The van der Waals surface area contributed by atoms with Gasteiger partial charge in [0.1, 0.15) is 0 Å². The van der Waals surface area contributed by atoms with Crippen LogP contribution < -0.4 is 5.32 Å². The van der Waals surface area contributed by atoms with Gasteiger partial charge in [-0.2, -0.15) is 0 Å². The third kappa shape index (κ3) is 4.14. The van der Waals surface area contributed by atoms with E-state index in [0.717, 1.165) is 4.88 Å². The summed E-state index contributed by atoms with van der Waals surface area (Å²) in [4.78, 5) is 25.0. The SMILES string of the molecule is COC(=O)CC(NC(=O)c1ccc(C)s1)C(C)C. The molecule has 18 heavy (non-hydrogen) atoms. The fraction of sp³-hybridized carbons (Fsp3) is 0.538. The fourth-order valence-corrected chi connectivity index (χ4v) is 2.28. The van der Waals surface area contributed by atoms with Crippen molar-refractivity contribution in [2.75, 3.05) is 7.11 Å². The molecule has 100 valence electrons. The number of carbonyl (C=O) groups excluding carboxylic acids is 2. The molecule has 5 heteroatoms. The van der Waals surface area contributed by atoms with E-state index in [2.05, 4.69) is 10.1 Å². The van der Waals surface area contributed by atoms with Crippen LogP contribution >= 0.6 is 11.3 Å². The molecule has 0 aliphatic carbocycles. The van der Waals surface area contributed by atoms with E-state index in [4.69, 9.17) is 0 Å². The summed E-state index contributed by atoms with van der Waals surface area (Å²) < 4.78 is 4.63. The van der Waals surface area contributed by atoms with Gasteiger partial charge in [0.25, 0.3) is 5.91 Å². The summed E-state index contributed by atoms with van der Waals surface area (Å²) in [6.07, 6.45) is 0.199. The van der Waals surface area contributed by atoms with E-state index in [9.17, 15) is 9.59 Å². The number of nitrogens with one attached hydrogen (secondary N) is 1. The Hall–Kier alpha value is -1.36. The van der Waals surface area contributed by atoms with Crippen molar-refractivity contribution in [3.8, 4) is 0 Å². The predicted molar refractivity (Wildman–Crippen MR) is 71.8 cm³/mol. The van der Waals surface area contributed by atoms with Gasteiger partial charge in [0.05, 0.1) is 18.4 Å². The second-order valence-corrected chi connectivity index (χ2v) is 5.80. The summed E-state index contributed by atoms with van der Waals surface area (Å²) in [7, 11) is 1.35. The molecule has 0 aromatic carbocycles. The number of amides is 1. The number of hydrogen-bond donors (Lipinski definition) is 1. The maximum absolute atomic E-state index is 12.0. The van der Waals surface area contributed by atoms with Crippen LogP contribution in [-0.4, -0.2) is 25.0 Å². The highest BCUT2D eigenvalue weighted by molar-refractivity contribution is 7.13. The molecular weight excluding hydrogens is 250 g/mol. The van der Waals surface area contributed by atoms with Crippen LogP contribution in [0.15, 0.2) is 12.1 Å². The lowest BCUT2D eigenvalue weighted by Gasteiger charge is -2.20. The average molecular weight is 269 g/mol. The van der Waals surface area contributed by atoms with E-state index in [1.54, 1.807) is 6.07 Å². The minimum absolute atomic E-state index is 0.129. The van der Waals surface area contributed by atoms with Gasteiger partial charge in [-0.3, -0.25) is 9.59 Å². The highest BCUT2D eigenvalue weighted by Crippen LogP contribution is 2.16. The fourth-order valence-electron chi connectivity index (χ4n) is 1.51. The number of thiophene rings is 1. The summed E-state index contributed by atoms with van der Waals surface area (Å²) in [5, 5.41) is 2.88. The van der Waals surface area contributed by atoms with Gasteiger partial charge in [0.15, 0.2) is 0 Å². The van der Waals surface area contributed by atoms with Crippen molar-refractivity contribution >= 4 is 23.2 Å². The molecule has 0 saturated heterocycles. The highest BCUT2D eigenvalue weighted by atomic mass is 32.1. The Morgan fingerprint density at radius 1 is 1.39 bits per heavy atom. The first kappa shape index (κ1) is 14.7.